The smallest absolute Gasteiger partial charge is 0.190 e. The number of benzene rings is 1. The highest BCUT2D eigenvalue weighted by Crippen LogP contribution is 2.24. The molecule has 0 radical (unpaired) electrons. The molecule has 2 unspecified atom stereocenters. The van der Waals surface area contributed by atoms with Gasteiger partial charge in [-0.15, -0.1) is 0 Å². The average molecular weight is 395 g/mol. The van der Waals surface area contributed by atoms with Gasteiger partial charge in [0, 0.05) is 55.9 Å². The topological polar surface area (TPSA) is 48.9 Å². The summed E-state index contributed by atoms with van der Waals surface area (Å²) < 4.78 is 6.55. The molecular formula is C18H27BrN4O. The number of halogens is 1. The van der Waals surface area contributed by atoms with Crippen LogP contribution in [0.1, 0.15) is 12.8 Å². The predicted molar refractivity (Wildman–Crippen MR) is 103 cm³/mol. The summed E-state index contributed by atoms with van der Waals surface area (Å²) in [6, 6.07) is 8.59. The highest BCUT2D eigenvalue weighted by molar-refractivity contribution is 9.10. The highest BCUT2D eigenvalue weighted by Gasteiger charge is 2.23. The number of rotatable bonds is 5. The minimum Gasteiger partial charge on any atom is -0.381 e. The van der Waals surface area contributed by atoms with Crippen LogP contribution in [0.25, 0.3) is 0 Å². The summed E-state index contributed by atoms with van der Waals surface area (Å²) in [6.07, 6.45) is 2.37. The molecule has 2 saturated heterocycles. The molecule has 2 N–H and O–H groups in total. The van der Waals surface area contributed by atoms with Crippen molar-refractivity contribution in [3.63, 3.8) is 0 Å². The maximum Gasteiger partial charge on any atom is 0.190 e. The third kappa shape index (κ3) is 4.86. The number of aliphatic imine (C=N–C) groups is 1. The molecule has 2 aliphatic heterocycles. The zero-order valence-electron chi connectivity index (χ0n) is 14.3. The molecule has 24 heavy (non-hydrogen) atoms. The molecule has 132 valence electrons. The van der Waals surface area contributed by atoms with Crippen molar-refractivity contribution in [2.45, 2.75) is 12.8 Å². The van der Waals surface area contributed by atoms with Gasteiger partial charge in [0.05, 0.1) is 6.61 Å². The minimum absolute atomic E-state index is 0.614. The molecular weight excluding hydrogens is 368 g/mol. The Labute approximate surface area is 153 Å². The molecule has 0 aromatic heterocycles. The van der Waals surface area contributed by atoms with Gasteiger partial charge in [-0.25, -0.2) is 0 Å². The summed E-state index contributed by atoms with van der Waals surface area (Å²) in [6.45, 7) is 5.89. The fourth-order valence-electron chi connectivity index (χ4n) is 3.33. The van der Waals surface area contributed by atoms with Crippen LogP contribution in [0.3, 0.4) is 0 Å². The van der Waals surface area contributed by atoms with Crippen LogP contribution in [0, 0.1) is 11.8 Å². The van der Waals surface area contributed by atoms with Crippen LogP contribution in [0.2, 0.25) is 0 Å². The molecule has 2 heterocycles. The number of hydrogen-bond donors (Lipinski definition) is 2. The van der Waals surface area contributed by atoms with Crippen molar-refractivity contribution >= 4 is 27.6 Å². The van der Waals surface area contributed by atoms with E-state index in [9.17, 15) is 0 Å². The summed E-state index contributed by atoms with van der Waals surface area (Å²) in [7, 11) is 1.84. The van der Waals surface area contributed by atoms with E-state index in [1.165, 1.54) is 12.1 Å². The van der Waals surface area contributed by atoms with Gasteiger partial charge in [0.1, 0.15) is 0 Å². The number of hydrogen-bond acceptors (Lipinski definition) is 3. The Morgan fingerprint density at radius 2 is 1.96 bits per heavy atom. The molecule has 3 rings (SSSR count). The van der Waals surface area contributed by atoms with Gasteiger partial charge in [0.15, 0.2) is 5.96 Å². The number of nitrogens with one attached hydrogen (secondary N) is 2. The zero-order chi connectivity index (χ0) is 16.8. The second kappa shape index (κ2) is 8.72. The second-order valence-electron chi connectivity index (χ2n) is 6.64. The van der Waals surface area contributed by atoms with Crippen molar-refractivity contribution in [2.75, 3.05) is 51.3 Å². The van der Waals surface area contributed by atoms with Crippen LogP contribution in [-0.2, 0) is 4.74 Å². The average Bonchev–Trinajstić information content (AvgIpc) is 3.27. The van der Waals surface area contributed by atoms with E-state index in [1.54, 1.807) is 0 Å². The van der Waals surface area contributed by atoms with E-state index in [-0.39, 0.29) is 0 Å². The Hall–Kier alpha value is -1.27. The van der Waals surface area contributed by atoms with Crippen LogP contribution in [-0.4, -0.2) is 52.4 Å². The molecule has 0 saturated carbocycles. The van der Waals surface area contributed by atoms with E-state index in [0.29, 0.717) is 11.8 Å². The Kier molecular flexibility index (Phi) is 6.37. The predicted octanol–water partition coefficient (Wildman–Crippen LogP) is 2.48. The number of guanidine groups is 1. The fraction of sp³-hybridized carbons (Fsp3) is 0.611. The quantitative estimate of drug-likeness (QED) is 0.594. The Balaban J connectivity index is 1.40. The lowest BCUT2D eigenvalue weighted by atomic mass is 10.1. The lowest BCUT2D eigenvalue weighted by Gasteiger charge is -2.20. The number of nitrogens with zero attached hydrogens (tertiary/aromatic N) is 2. The van der Waals surface area contributed by atoms with Crippen molar-refractivity contribution in [3.8, 4) is 0 Å². The summed E-state index contributed by atoms with van der Waals surface area (Å²) >= 11 is 3.50. The molecule has 2 atom stereocenters. The highest BCUT2D eigenvalue weighted by atomic mass is 79.9. The van der Waals surface area contributed by atoms with E-state index in [0.717, 1.165) is 56.2 Å². The third-order valence-electron chi connectivity index (χ3n) is 4.84. The standard InChI is InChI=1S/C18H27BrN4O/c1-20-18(22-11-15-7-9-24-13-15)21-10-14-6-8-23(12-14)17-4-2-16(19)3-5-17/h2-5,14-15H,6-13H2,1H3,(H2,20,21,22). The first kappa shape index (κ1) is 17.5. The monoisotopic (exact) mass is 394 g/mol. The molecule has 5 nitrogen and oxygen atoms in total. The van der Waals surface area contributed by atoms with Gasteiger partial charge in [0.25, 0.3) is 0 Å². The molecule has 2 fully saturated rings. The van der Waals surface area contributed by atoms with E-state index < -0.39 is 0 Å². The van der Waals surface area contributed by atoms with Crippen molar-refractivity contribution in [1.82, 2.24) is 10.6 Å². The molecule has 6 heteroatoms. The molecule has 1 aromatic carbocycles. The van der Waals surface area contributed by atoms with E-state index in [1.807, 2.05) is 7.05 Å². The van der Waals surface area contributed by atoms with Gasteiger partial charge in [-0.1, -0.05) is 15.9 Å². The molecule has 0 aliphatic carbocycles. The Morgan fingerprint density at radius 1 is 1.21 bits per heavy atom. The molecule has 0 amide bonds. The summed E-state index contributed by atoms with van der Waals surface area (Å²) in [5, 5.41) is 6.90. The van der Waals surface area contributed by atoms with Crippen LogP contribution in [0.5, 0.6) is 0 Å². The third-order valence-corrected chi connectivity index (χ3v) is 5.37. The Morgan fingerprint density at radius 3 is 2.62 bits per heavy atom. The van der Waals surface area contributed by atoms with Gasteiger partial charge in [-0.2, -0.15) is 0 Å². The van der Waals surface area contributed by atoms with E-state index in [2.05, 4.69) is 60.7 Å². The van der Waals surface area contributed by atoms with E-state index in [4.69, 9.17) is 4.74 Å². The van der Waals surface area contributed by atoms with Gasteiger partial charge >= 0.3 is 0 Å². The van der Waals surface area contributed by atoms with Crippen LogP contribution in [0.4, 0.5) is 5.69 Å². The largest absolute Gasteiger partial charge is 0.381 e. The lowest BCUT2D eigenvalue weighted by Crippen LogP contribution is -2.42. The normalized spacial score (nSPS) is 24.4. The first-order chi connectivity index (χ1) is 11.7. The summed E-state index contributed by atoms with van der Waals surface area (Å²) in [5.74, 6) is 2.17. The van der Waals surface area contributed by atoms with Crippen LogP contribution < -0.4 is 15.5 Å². The fourth-order valence-corrected chi connectivity index (χ4v) is 3.60. The first-order valence-corrected chi connectivity index (χ1v) is 9.56. The van der Waals surface area contributed by atoms with Crippen LogP contribution >= 0.6 is 15.9 Å². The summed E-state index contributed by atoms with van der Waals surface area (Å²) in [5.41, 5.74) is 1.31. The van der Waals surface area contributed by atoms with Crippen molar-refractivity contribution in [3.05, 3.63) is 28.7 Å². The minimum atomic E-state index is 0.614. The van der Waals surface area contributed by atoms with Gasteiger partial charge in [0.2, 0.25) is 0 Å². The second-order valence-corrected chi connectivity index (χ2v) is 7.56. The maximum atomic E-state index is 5.42. The zero-order valence-corrected chi connectivity index (χ0v) is 15.9. The summed E-state index contributed by atoms with van der Waals surface area (Å²) in [4.78, 5) is 6.79. The van der Waals surface area contributed by atoms with Gasteiger partial charge < -0.3 is 20.3 Å². The van der Waals surface area contributed by atoms with Crippen molar-refractivity contribution in [2.24, 2.45) is 16.8 Å². The first-order valence-electron chi connectivity index (χ1n) is 8.77. The molecule has 1 aromatic rings. The molecule has 0 spiro atoms. The number of ether oxygens (including phenoxy) is 1. The van der Waals surface area contributed by atoms with E-state index >= 15 is 0 Å². The molecule has 0 bridgehead atoms. The lowest BCUT2D eigenvalue weighted by molar-refractivity contribution is 0.186. The van der Waals surface area contributed by atoms with Gasteiger partial charge in [-0.05, 0) is 43.0 Å². The van der Waals surface area contributed by atoms with Crippen LogP contribution in [0.15, 0.2) is 33.7 Å². The molecule has 2 aliphatic rings. The van der Waals surface area contributed by atoms with Crippen molar-refractivity contribution < 1.29 is 4.74 Å². The number of anilines is 1. The van der Waals surface area contributed by atoms with Gasteiger partial charge in [-0.3, -0.25) is 4.99 Å². The SMILES string of the molecule is CN=C(NCC1CCOC1)NCC1CCN(c2ccc(Br)cc2)C1. The van der Waals surface area contributed by atoms with Crippen molar-refractivity contribution in [1.29, 1.82) is 0 Å². The Bertz CT molecular complexity index is 542. The maximum absolute atomic E-state index is 5.42.